The summed E-state index contributed by atoms with van der Waals surface area (Å²) in [6.07, 6.45) is 2.93. The third-order valence-corrected chi connectivity index (χ3v) is 9.08. The third kappa shape index (κ3) is 5.34. The summed E-state index contributed by atoms with van der Waals surface area (Å²) in [5.41, 5.74) is 3.67. The monoisotopic (exact) mass is 484 g/mol. The molecule has 6 heteroatoms. The van der Waals surface area contributed by atoms with Gasteiger partial charge in [-0.05, 0) is 77.9 Å². The highest BCUT2D eigenvalue weighted by Gasteiger charge is 2.35. The molecule has 1 N–H and O–H groups in total. The Balaban J connectivity index is 1.52. The van der Waals surface area contributed by atoms with Crippen LogP contribution < -0.4 is 10.1 Å². The second kappa shape index (κ2) is 10.00. The van der Waals surface area contributed by atoms with E-state index in [9.17, 15) is 8.42 Å². The lowest BCUT2D eigenvalue weighted by Gasteiger charge is -2.31. The lowest BCUT2D eigenvalue weighted by atomic mass is 9.78. The Bertz CT molecular complexity index is 1100. The van der Waals surface area contributed by atoms with E-state index in [1.54, 1.807) is 16.4 Å². The van der Waals surface area contributed by atoms with Crippen LogP contribution in [0.5, 0.6) is 5.75 Å². The Kier molecular flexibility index (Phi) is 7.41. The van der Waals surface area contributed by atoms with Gasteiger partial charge < -0.3 is 10.1 Å². The van der Waals surface area contributed by atoms with E-state index in [2.05, 4.69) is 44.3 Å². The number of benzene rings is 2. The minimum absolute atomic E-state index is 0.0628. The Labute approximate surface area is 205 Å². The van der Waals surface area contributed by atoms with Gasteiger partial charge >= 0.3 is 0 Å². The van der Waals surface area contributed by atoms with Crippen molar-refractivity contribution in [1.29, 1.82) is 0 Å². The van der Waals surface area contributed by atoms with Gasteiger partial charge in [0.25, 0.3) is 0 Å². The second-order valence-corrected chi connectivity index (χ2v) is 13.0. The summed E-state index contributed by atoms with van der Waals surface area (Å²) in [4.78, 5) is 0.423. The maximum atomic E-state index is 13.4. The van der Waals surface area contributed by atoms with E-state index >= 15 is 0 Å². The van der Waals surface area contributed by atoms with E-state index in [0.29, 0.717) is 30.3 Å². The molecule has 2 aromatic carbocycles. The fraction of sp³-hybridized carbons (Fsp3) is 0.571. The Morgan fingerprint density at radius 2 is 1.85 bits per heavy atom. The fourth-order valence-corrected chi connectivity index (χ4v) is 7.13. The zero-order valence-corrected chi connectivity index (χ0v) is 22.1. The largest absolute Gasteiger partial charge is 0.489 e. The zero-order chi connectivity index (χ0) is 24.5. The first-order chi connectivity index (χ1) is 16.1. The van der Waals surface area contributed by atoms with Crippen molar-refractivity contribution >= 4 is 10.0 Å². The minimum Gasteiger partial charge on any atom is -0.489 e. The lowest BCUT2D eigenvalue weighted by Crippen LogP contribution is -2.32. The van der Waals surface area contributed by atoms with Crippen molar-refractivity contribution < 1.29 is 13.2 Å². The van der Waals surface area contributed by atoms with Crippen LogP contribution in [0.2, 0.25) is 0 Å². The quantitative estimate of drug-likeness (QED) is 0.595. The summed E-state index contributed by atoms with van der Waals surface area (Å²) in [6.45, 7) is 13.8. The van der Waals surface area contributed by atoms with Gasteiger partial charge in [-0.2, -0.15) is 4.31 Å². The number of sulfonamides is 1. The van der Waals surface area contributed by atoms with Gasteiger partial charge in [0.1, 0.15) is 11.9 Å². The molecule has 0 bridgehead atoms. The number of piperidine rings is 1. The summed E-state index contributed by atoms with van der Waals surface area (Å²) in [5.74, 6) is 1.48. The van der Waals surface area contributed by atoms with Crippen LogP contribution in [0.4, 0.5) is 0 Å². The van der Waals surface area contributed by atoms with Gasteiger partial charge in [-0.25, -0.2) is 8.42 Å². The van der Waals surface area contributed by atoms with E-state index in [4.69, 9.17) is 4.74 Å². The summed E-state index contributed by atoms with van der Waals surface area (Å²) in [6, 6.07) is 13.8. The van der Waals surface area contributed by atoms with E-state index in [1.807, 2.05) is 26.0 Å². The van der Waals surface area contributed by atoms with Crippen LogP contribution in [-0.2, 0) is 15.4 Å². The number of ether oxygens (including phenoxy) is 1. The average Bonchev–Trinajstić information content (AvgIpc) is 3.28. The Hall–Kier alpha value is -1.89. The van der Waals surface area contributed by atoms with Gasteiger partial charge in [0.05, 0.1) is 11.4 Å². The number of hydrogen-bond acceptors (Lipinski definition) is 4. The molecule has 0 spiro atoms. The van der Waals surface area contributed by atoms with Crippen LogP contribution >= 0.6 is 0 Å². The average molecular weight is 485 g/mol. The smallest absolute Gasteiger partial charge is 0.243 e. The van der Waals surface area contributed by atoms with Crippen molar-refractivity contribution in [2.24, 2.45) is 0 Å². The van der Waals surface area contributed by atoms with Gasteiger partial charge in [0, 0.05) is 13.1 Å². The van der Waals surface area contributed by atoms with Crippen LogP contribution in [0, 0.1) is 0 Å². The van der Waals surface area contributed by atoms with E-state index in [-0.39, 0.29) is 17.4 Å². The van der Waals surface area contributed by atoms with Crippen molar-refractivity contribution in [3.05, 3.63) is 59.2 Å². The molecule has 5 nitrogen and oxygen atoms in total. The van der Waals surface area contributed by atoms with E-state index in [0.717, 1.165) is 24.4 Å². The van der Waals surface area contributed by atoms with Gasteiger partial charge in [0.15, 0.2) is 0 Å². The van der Waals surface area contributed by atoms with Gasteiger partial charge in [-0.15, -0.1) is 0 Å². The predicted octanol–water partition coefficient (Wildman–Crippen LogP) is 5.42. The second-order valence-electron chi connectivity index (χ2n) is 11.1. The molecule has 0 radical (unpaired) electrons. The number of nitrogens with zero attached hydrogens (tertiary/aromatic N) is 1. The zero-order valence-electron chi connectivity index (χ0n) is 21.3. The van der Waals surface area contributed by atoms with Crippen molar-refractivity contribution in [3.8, 4) is 5.75 Å². The van der Waals surface area contributed by atoms with Crippen LogP contribution in [0.3, 0.4) is 0 Å². The molecule has 0 aromatic heterocycles. The number of hydrogen-bond donors (Lipinski definition) is 1. The highest BCUT2D eigenvalue weighted by Crippen LogP contribution is 2.37. The summed E-state index contributed by atoms with van der Waals surface area (Å²) >= 11 is 0. The normalized spacial score (nSPS) is 22.3. The maximum Gasteiger partial charge on any atom is 0.243 e. The molecule has 0 saturated carbocycles. The van der Waals surface area contributed by atoms with Crippen LogP contribution in [-0.4, -0.2) is 45.0 Å². The Morgan fingerprint density at radius 3 is 2.53 bits per heavy atom. The van der Waals surface area contributed by atoms with Crippen LogP contribution in [0.15, 0.2) is 47.4 Å². The molecule has 2 atom stereocenters. The van der Waals surface area contributed by atoms with Crippen LogP contribution in [0.1, 0.15) is 82.4 Å². The molecule has 2 heterocycles. The highest BCUT2D eigenvalue weighted by molar-refractivity contribution is 7.89. The third-order valence-electron chi connectivity index (χ3n) is 7.14. The fourth-order valence-electron chi connectivity index (χ4n) is 5.29. The molecule has 4 rings (SSSR count). The molecule has 2 aromatic rings. The summed E-state index contributed by atoms with van der Waals surface area (Å²) in [7, 11) is -3.55. The minimum atomic E-state index is -3.55. The first-order valence-corrected chi connectivity index (χ1v) is 14.1. The molecule has 0 aliphatic carbocycles. The summed E-state index contributed by atoms with van der Waals surface area (Å²) in [5, 5.41) is 3.54. The van der Waals surface area contributed by atoms with Gasteiger partial charge in [-0.3, -0.25) is 0 Å². The van der Waals surface area contributed by atoms with Crippen molar-refractivity contribution in [2.45, 2.75) is 82.1 Å². The molecule has 2 saturated heterocycles. The van der Waals surface area contributed by atoms with Gasteiger partial charge in [-0.1, -0.05) is 58.9 Å². The molecule has 2 aliphatic rings. The molecule has 0 amide bonds. The number of rotatable bonds is 6. The first kappa shape index (κ1) is 25.2. The van der Waals surface area contributed by atoms with Crippen LogP contribution in [0.25, 0.3) is 0 Å². The first-order valence-electron chi connectivity index (χ1n) is 12.7. The van der Waals surface area contributed by atoms with Crippen molar-refractivity contribution in [1.82, 2.24) is 9.62 Å². The summed E-state index contributed by atoms with van der Waals surface area (Å²) < 4.78 is 34.9. The highest BCUT2D eigenvalue weighted by atomic mass is 32.2. The van der Waals surface area contributed by atoms with E-state index < -0.39 is 10.0 Å². The molecular weight excluding hydrogens is 444 g/mol. The maximum absolute atomic E-state index is 13.4. The SMILES string of the molecule is CC(C)c1ccccc1S(=O)(=O)N1CCC(Oc2ccc(C(C)(C)C)c(C3CCCNC3)c2)C1. The Morgan fingerprint density at radius 1 is 1.09 bits per heavy atom. The molecule has 2 fully saturated rings. The number of nitrogens with one attached hydrogen (secondary N) is 1. The standard InChI is InChI=1S/C28H40N2O3S/c1-20(2)24-10-6-7-11-27(24)34(31,32)30-16-14-23(19-30)33-22-12-13-26(28(3,4)5)25(17-22)21-9-8-15-29-18-21/h6-7,10-13,17,20-21,23,29H,8-9,14-16,18-19H2,1-5H3. The molecule has 34 heavy (non-hydrogen) atoms. The van der Waals surface area contributed by atoms with E-state index in [1.165, 1.54) is 24.0 Å². The van der Waals surface area contributed by atoms with Gasteiger partial charge in [0.2, 0.25) is 10.0 Å². The lowest BCUT2D eigenvalue weighted by molar-refractivity contribution is 0.215. The molecule has 2 aliphatic heterocycles. The van der Waals surface area contributed by atoms with Crippen molar-refractivity contribution in [2.75, 3.05) is 26.2 Å². The molecule has 2 unspecified atom stereocenters. The molecular formula is C28H40N2O3S. The predicted molar refractivity (Wildman–Crippen MR) is 138 cm³/mol. The topological polar surface area (TPSA) is 58.6 Å². The van der Waals surface area contributed by atoms with Crippen molar-refractivity contribution in [3.63, 3.8) is 0 Å². The molecule has 186 valence electrons.